The van der Waals surface area contributed by atoms with E-state index in [2.05, 4.69) is 5.18 Å². The average Bonchev–Trinajstić information content (AvgIpc) is 2.98. The lowest BCUT2D eigenvalue weighted by Gasteiger charge is -2.31. The fourth-order valence-electron chi connectivity index (χ4n) is 4.12. The molecule has 2 rings (SSSR count). The summed E-state index contributed by atoms with van der Waals surface area (Å²) in [5.41, 5.74) is -0.899. The van der Waals surface area contributed by atoms with Gasteiger partial charge in [0.2, 0.25) is 0 Å². The molecule has 1 saturated carbocycles. The van der Waals surface area contributed by atoms with Gasteiger partial charge in [-0.1, -0.05) is 35.5 Å². The molecule has 0 amide bonds. The van der Waals surface area contributed by atoms with E-state index in [4.69, 9.17) is 9.47 Å². The fourth-order valence-corrected chi connectivity index (χ4v) is 4.12. The minimum Gasteiger partial charge on any atom is -0.466 e. The molecular formula is C20H25NO6. The van der Waals surface area contributed by atoms with Crippen molar-refractivity contribution in [3.63, 3.8) is 0 Å². The summed E-state index contributed by atoms with van der Waals surface area (Å²) >= 11 is 0. The number of hydrogen-bond acceptors (Lipinski definition) is 7. The number of carbonyl (C=O) groups excluding carboxylic acids is 3. The smallest absolute Gasteiger partial charge is 0.320 e. The quantitative estimate of drug-likeness (QED) is 0.393. The maximum Gasteiger partial charge on any atom is 0.320 e. The van der Waals surface area contributed by atoms with Crippen LogP contribution in [0.3, 0.4) is 0 Å². The highest BCUT2D eigenvalue weighted by molar-refractivity contribution is 6.04. The first-order valence-electron chi connectivity index (χ1n) is 9.13. The minimum atomic E-state index is -1.55. The van der Waals surface area contributed by atoms with Gasteiger partial charge in [0.05, 0.1) is 19.6 Å². The van der Waals surface area contributed by atoms with E-state index < -0.39 is 41.0 Å². The maximum absolute atomic E-state index is 12.9. The van der Waals surface area contributed by atoms with Gasteiger partial charge < -0.3 is 9.47 Å². The number of ketones is 1. The van der Waals surface area contributed by atoms with Gasteiger partial charge in [0.1, 0.15) is 17.2 Å². The molecule has 0 radical (unpaired) electrons. The minimum absolute atomic E-state index is 0.0238. The summed E-state index contributed by atoms with van der Waals surface area (Å²) in [6, 6.07) is 7.94. The highest BCUT2D eigenvalue weighted by Gasteiger charge is 2.63. The second kappa shape index (κ2) is 8.88. The number of esters is 2. The van der Waals surface area contributed by atoms with E-state index in [9.17, 15) is 19.3 Å². The third kappa shape index (κ3) is 3.91. The second-order valence-corrected chi connectivity index (χ2v) is 6.71. The van der Waals surface area contributed by atoms with Crippen LogP contribution in [0.1, 0.15) is 45.1 Å². The molecule has 4 atom stereocenters. The molecule has 1 aromatic rings. The average molecular weight is 375 g/mol. The van der Waals surface area contributed by atoms with Gasteiger partial charge >= 0.3 is 11.9 Å². The monoisotopic (exact) mass is 375 g/mol. The van der Waals surface area contributed by atoms with Crippen molar-refractivity contribution in [3.05, 3.63) is 40.8 Å². The van der Waals surface area contributed by atoms with Crippen molar-refractivity contribution in [2.45, 2.75) is 45.6 Å². The molecule has 1 aliphatic carbocycles. The van der Waals surface area contributed by atoms with Gasteiger partial charge in [-0.05, 0) is 38.7 Å². The molecule has 0 unspecified atom stereocenters. The zero-order valence-corrected chi connectivity index (χ0v) is 15.8. The van der Waals surface area contributed by atoms with Crippen molar-refractivity contribution in [2.75, 3.05) is 13.2 Å². The molecule has 7 nitrogen and oxygen atoms in total. The van der Waals surface area contributed by atoms with Crippen LogP contribution in [-0.2, 0) is 23.9 Å². The Hall–Kier alpha value is -2.57. The van der Waals surface area contributed by atoms with Crippen molar-refractivity contribution >= 4 is 17.7 Å². The lowest BCUT2D eigenvalue weighted by Crippen LogP contribution is -2.43. The summed E-state index contributed by atoms with van der Waals surface area (Å²) in [7, 11) is 0. The topological polar surface area (TPSA) is 99.1 Å². The van der Waals surface area contributed by atoms with Crippen LogP contribution in [0.25, 0.3) is 0 Å². The molecule has 0 spiro atoms. The lowest BCUT2D eigenvalue weighted by atomic mass is 9.70. The van der Waals surface area contributed by atoms with Gasteiger partial charge in [0.15, 0.2) is 0 Å². The van der Waals surface area contributed by atoms with E-state index in [1.165, 1.54) is 6.92 Å². The van der Waals surface area contributed by atoms with E-state index in [-0.39, 0.29) is 26.1 Å². The molecule has 0 N–H and O–H groups in total. The molecule has 0 aromatic heterocycles. The lowest BCUT2D eigenvalue weighted by molar-refractivity contribution is -0.161. The van der Waals surface area contributed by atoms with Gasteiger partial charge in [-0.3, -0.25) is 14.4 Å². The van der Waals surface area contributed by atoms with Crippen molar-refractivity contribution in [1.82, 2.24) is 0 Å². The summed E-state index contributed by atoms with van der Waals surface area (Å²) in [6.07, 6.45) is -0.0576. The summed E-state index contributed by atoms with van der Waals surface area (Å²) in [5, 5.41) is 3.24. The highest BCUT2D eigenvalue weighted by atomic mass is 16.5. The van der Waals surface area contributed by atoms with Crippen LogP contribution < -0.4 is 0 Å². The molecule has 0 bridgehead atoms. The Labute approximate surface area is 158 Å². The molecule has 0 heterocycles. The molecule has 1 aliphatic rings. The maximum atomic E-state index is 12.9. The highest BCUT2D eigenvalue weighted by Crippen LogP contribution is 2.55. The molecule has 27 heavy (non-hydrogen) atoms. The van der Waals surface area contributed by atoms with Crippen LogP contribution in [0.15, 0.2) is 35.5 Å². The summed E-state index contributed by atoms with van der Waals surface area (Å²) < 4.78 is 10.2. The fraction of sp³-hybridized carbons (Fsp3) is 0.550. The summed E-state index contributed by atoms with van der Waals surface area (Å²) in [6.45, 7) is 4.98. The zero-order valence-electron chi connectivity index (χ0n) is 15.8. The van der Waals surface area contributed by atoms with E-state index in [0.29, 0.717) is 5.56 Å². The van der Waals surface area contributed by atoms with Crippen molar-refractivity contribution in [1.29, 1.82) is 0 Å². The Balaban J connectivity index is 2.56. The third-order valence-corrected chi connectivity index (χ3v) is 5.22. The molecule has 0 aliphatic heterocycles. The number of nitrogens with zero attached hydrogens (tertiary/aromatic N) is 1. The van der Waals surface area contributed by atoms with Crippen LogP contribution in [0.4, 0.5) is 0 Å². The van der Waals surface area contributed by atoms with Crippen LogP contribution in [0, 0.1) is 16.2 Å². The van der Waals surface area contributed by atoms with Gasteiger partial charge in [0.25, 0.3) is 0 Å². The van der Waals surface area contributed by atoms with Gasteiger partial charge in [-0.15, -0.1) is 0 Å². The number of hydrogen-bond donors (Lipinski definition) is 0. The number of carbonyl (C=O) groups is 3. The van der Waals surface area contributed by atoms with Gasteiger partial charge in [-0.2, -0.15) is 4.91 Å². The first-order valence-corrected chi connectivity index (χ1v) is 9.13. The van der Waals surface area contributed by atoms with Crippen molar-refractivity contribution < 1.29 is 23.9 Å². The first-order chi connectivity index (χ1) is 12.9. The Bertz CT molecular complexity index is 704. The first kappa shape index (κ1) is 20.7. The Kier molecular flexibility index (Phi) is 6.82. The number of ether oxygens (including phenoxy) is 2. The van der Waals surface area contributed by atoms with E-state index in [1.807, 2.05) is 0 Å². The molecule has 1 aromatic carbocycles. The SMILES string of the molecule is CCOC(=O)C[C@@H]1C[C@@](C(C)=O)(C(=O)OCC)[C@@H](c2ccccc2)[C@@H]1N=O. The molecule has 7 heteroatoms. The second-order valence-electron chi connectivity index (χ2n) is 6.71. The van der Waals surface area contributed by atoms with Gasteiger partial charge in [0, 0.05) is 5.92 Å². The Morgan fingerprint density at radius 1 is 1.11 bits per heavy atom. The predicted octanol–water partition coefficient (Wildman–Crippen LogP) is 3.02. The van der Waals surface area contributed by atoms with Crippen molar-refractivity contribution in [3.8, 4) is 0 Å². The summed E-state index contributed by atoms with van der Waals surface area (Å²) in [4.78, 5) is 49.4. The van der Waals surface area contributed by atoms with Crippen LogP contribution in [0.2, 0.25) is 0 Å². The normalized spacial score (nSPS) is 27.0. The Morgan fingerprint density at radius 2 is 1.74 bits per heavy atom. The van der Waals surface area contributed by atoms with E-state index in [1.54, 1.807) is 44.2 Å². The van der Waals surface area contributed by atoms with Gasteiger partial charge in [-0.25, -0.2) is 0 Å². The zero-order chi connectivity index (χ0) is 20.0. The Morgan fingerprint density at radius 3 is 2.26 bits per heavy atom. The molecule has 146 valence electrons. The van der Waals surface area contributed by atoms with Crippen LogP contribution >= 0.6 is 0 Å². The largest absolute Gasteiger partial charge is 0.466 e. The molecular weight excluding hydrogens is 350 g/mol. The number of rotatable bonds is 8. The number of nitroso groups, excluding NO2 is 1. The van der Waals surface area contributed by atoms with E-state index >= 15 is 0 Å². The van der Waals surface area contributed by atoms with Crippen LogP contribution in [-0.4, -0.2) is 37.0 Å². The molecule has 0 saturated heterocycles. The number of Topliss-reactive ketones (excluding diaryl/α,β-unsaturated/α-hetero) is 1. The molecule has 1 fully saturated rings. The summed E-state index contributed by atoms with van der Waals surface area (Å²) in [5.74, 6) is -2.92. The van der Waals surface area contributed by atoms with Crippen molar-refractivity contribution in [2.24, 2.45) is 16.5 Å². The predicted molar refractivity (Wildman–Crippen MR) is 97.9 cm³/mol. The standard InChI is InChI=1S/C20H25NO6/c1-4-26-16(23)11-15-12-20(13(3)22,19(24)27-5-2)17(18(15)21-25)14-9-7-6-8-10-14/h6-10,15,17-18H,4-5,11-12H2,1-3H3/t15-,17+,18-,20+/m1/s1. The van der Waals surface area contributed by atoms with E-state index in [0.717, 1.165) is 0 Å². The number of benzene rings is 1. The third-order valence-electron chi connectivity index (χ3n) is 5.22. The van der Waals surface area contributed by atoms with Crippen LogP contribution in [0.5, 0.6) is 0 Å².